The van der Waals surface area contributed by atoms with Crippen LogP contribution < -0.4 is 14.4 Å². The van der Waals surface area contributed by atoms with Crippen LogP contribution in [-0.4, -0.2) is 34.4 Å². The van der Waals surface area contributed by atoms with Crippen LogP contribution in [-0.2, 0) is 4.79 Å². The number of benzene rings is 2. The van der Waals surface area contributed by atoms with E-state index in [2.05, 4.69) is 9.97 Å². The zero-order valence-electron chi connectivity index (χ0n) is 15.1. The number of anilines is 1. The molecule has 0 aliphatic carbocycles. The minimum atomic E-state index is -0.197. The Labute approximate surface area is 171 Å². The van der Waals surface area contributed by atoms with E-state index in [0.29, 0.717) is 26.4 Å². The lowest BCUT2D eigenvalue weighted by Crippen LogP contribution is -2.27. The van der Waals surface area contributed by atoms with Crippen molar-refractivity contribution in [3.8, 4) is 11.5 Å². The van der Waals surface area contributed by atoms with Crippen LogP contribution in [0.3, 0.4) is 0 Å². The SMILES string of the molecule is COc1ccc(N2C(=O)C(=Cc3ccc4nccnc4c3)SC2=S)c(OC)c1. The average Bonchev–Trinajstić information content (AvgIpc) is 3.00. The number of carbonyl (C=O) groups excluding carboxylic acids is 1. The highest BCUT2D eigenvalue weighted by Gasteiger charge is 2.35. The molecular weight excluding hydrogens is 394 g/mol. The van der Waals surface area contributed by atoms with Crippen molar-refractivity contribution in [3.05, 3.63) is 59.3 Å². The summed E-state index contributed by atoms with van der Waals surface area (Å²) in [5.74, 6) is 0.953. The number of carbonyl (C=O) groups is 1. The molecule has 1 aliphatic heterocycles. The first kappa shape index (κ1) is 18.4. The molecule has 2 heterocycles. The van der Waals surface area contributed by atoms with Gasteiger partial charge in [0.15, 0.2) is 4.32 Å². The fraction of sp³-hybridized carbons (Fsp3) is 0.100. The molecular formula is C20H15N3O3S2. The second-order valence-corrected chi connectivity index (χ2v) is 7.54. The number of nitrogens with zero attached hydrogens (tertiary/aromatic N) is 3. The Bertz CT molecular complexity index is 1130. The van der Waals surface area contributed by atoms with E-state index in [-0.39, 0.29) is 5.91 Å². The molecule has 0 saturated carbocycles. The number of rotatable bonds is 4. The molecule has 2 aromatic carbocycles. The van der Waals surface area contributed by atoms with Gasteiger partial charge in [-0.05, 0) is 35.9 Å². The maximum absolute atomic E-state index is 13.0. The molecule has 3 aromatic rings. The number of thioether (sulfide) groups is 1. The third-order valence-electron chi connectivity index (χ3n) is 4.21. The zero-order valence-corrected chi connectivity index (χ0v) is 16.7. The number of methoxy groups -OCH3 is 2. The Morgan fingerprint density at radius 2 is 1.82 bits per heavy atom. The van der Waals surface area contributed by atoms with E-state index in [4.69, 9.17) is 21.7 Å². The Morgan fingerprint density at radius 3 is 2.57 bits per heavy atom. The molecule has 1 amide bonds. The van der Waals surface area contributed by atoms with Crippen molar-refractivity contribution in [2.45, 2.75) is 0 Å². The molecule has 1 saturated heterocycles. The molecule has 0 atom stereocenters. The van der Waals surface area contributed by atoms with E-state index < -0.39 is 0 Å². The van der Waals surface area contributed by atoms with Crippen molar-refractivity contribution < 1.29 is 14.3 Å². The van der Waals surface area contributed by atoms with Crippen molar-refractivity contribution in [3.63, 3.8) is 0 Å². The molecule has 1 fully saturated rings. The highest BCUT2D eigenvalue weighted by Crippen LogP contribution is 2.41. The third kappa shape index (κ3) is 3.32. The number of aromatic nitrogens is 2. The Balaban J connectivity index is 1.69. The molecule has 28 heavy (non-hydrogen) atoms. The summed E-state index contributed by atoms with van der Waals surface area (Å²) in [6.07, 6.45) is 5.10. The van der Waals surface area contributed by atoms with E-state index in [1.54, 1.807) is 44.8 Å². The Morgan fingerprint density at radius 1 is 1.04 bits per heavy atom. The number of hydrogen-bond donors (Lipinski definition) is 0. The molecule has 0 spiro atoms. The van der Waals surface area contributed by atoms with Gasteiger partial charge in [-0.3, -0.25) is 19.7 Å². The average molecular weight is 409 g/mol. The maximum Gasteiger partial charge on any atom is 0.270 e. The lowest BCUT2D eigenvalue weighted by Gasteiger charge is -2.18. The normalized spacial score (nSPS) is 15.5. The van der Waals surface area contributed by atoms with Crippen LogP contribution in [0, 0.1) is 0 Å². The highest BCUT2D eigenvalue weighted by atomic mass is 32.2. The molecule has 4 rings (SSSR count). The van der Waals surface area contributed by atoms with E-state index in [0.717, 1.165) is 16.6 Å². The fourth-order valence-electron chi connectivity index (χ4n) is 2.87. The van der Waals surface area contributed by atoms with Gasteiger partial charge in [0.1, 0.15) is 11.5 Å². The molecule has 140 valence electrons. The van der Waals surface area contributed by atoms with Crippen LogP contribution in [0.5, 0.6) is 11.5 Å². The van der Waals surface area contributed by atoms with Gasteiger partial charge in [-0.25, -0.2) is 0 Å². The zero-order chi connectivity index (χ0) is 19.7. The summed E-state index contributed by atoms with van der Waals surface area (Å²) < 4.78 is 11.1. The maximum atomic E-state index is 13.0. The first-order valence-electron chi connectivity index (χ1n) is 8.31. The van der Waals surface area contributed by atoms with Crippen LogP contribution in [0.4, 0.5) is 5.69 Å². The summed E-state index contributed by atoms with van der Waals surface area (Å²) in [6, 6.07) is 10.9. The van der Waals surface area contributed by atoms with E-state index in [1.807, 2.05) is 24.3 Å². The lowest BCUT2D eigenvalue weighted by atomic mass is 10.1. The fourth-order valence-corrected chi connectivity index (χ4v) is 4.15. The smallest absolute Gasteiger partial charge is 0.270 e. The van der Waals surface area contributed by atoms with Gasteiger partial charge in [-0.1, -0.05) is 30.0 Å². The van der Waals surface area contributed by atoms with Gasteiger partial charge < -0.3 is 9.47 Å². The summed E-state index contributed by atoms with van der Waals surface area (Å²) in [6.45, 7) is 0. The predicted octanol–water partition coefficient (Wildman–Crippen LogP) is 4.05. The molecule has 6 nitrogen and oxygen atoms in total. The molecule has 1 aliphatic rings. The van der Waals surface area contributed by atoms with Gasteiger partial charge in [0, 0.05) is 18.5 Å². The van der Waals surface area contributed by atoms with Crippen molar-refractivity contribution >= 4 is 57.0 Å². The van der Waals surface area contributed by atoms with E-state index >= 15 is 0 Å². The van der Waals surface area contributed by atoms with Crippen LogP contribution >= 0.6 is 24.0 Å². The van der Waals surface area contributed by atoms with Gasteiger partial charge in [0.25, 0.3) is 5.91 Å². The summed E-state index contributed by atoms with van der Waals surface area (Å²) in [5.41, 5.74) is 3.01. The molecule has 0 bridgehead atoms. The van der Waals surface area contributed by atoms with Gasteiger partial charge in [0.2, 0.25) is 0 Å². The van der Waals surface area contributed by atoms with Crippen LogP contribution in [0.15, 0.2) is 53.7 Å². The van der Waals surface area contributed by atoms with E-state index in [1.165, 1.54) is 16.7 Å². The number of amides is 1. The highest BCUT2D eigenvalue weighted by molar-refractivity contribution is 8.27. The number of fused-ring (bicyclic) bond motifs is 1. The molecule has 8 heteroatoms. The molecule has 0 radical (unpaired) electrons. The van der Waals surface area contributed by atoms with Crippen LogP contribution in [0.1, 0.15) is 5.56 Å². The summed E-state index contributed by atoms with van der Waals surface area (Å²) in [4.78, 5) is 23.6. The van der Waals surface area contributed by atoms with Crippen molar-refractivity contribution in [2.24, 2.45) is 0 Å². The summed E-state index contributed by atoms with van der Waals surface area (Å²) in [5, 5.41) is 0. The topological polar surface area (TPSA) is 64.5 Å². The van der Waals surface area contributed by atoms with Crippen molar-refractivity contribution in [2.75, 3.05) is 19.1 Å². The second kappa shape index (κ2) is 7.57. The Kier molecular flexibility index (Phi) is 4.97. The van der Waals surface area contributed by atoms with Crippen LogP contribution in [0.2, 0.25) is 0 Å². The van der Waals surface area contributed by atoms with E-state index in [9.17, 15) is 4.79 Å². The summed E-state index contributed by atoms with van der Waals surface area (Å²) >= 11 is 6.71. The quantitative estimate of drug-likeness (QED) is 0.476. The van der Waals surface area contributed by atoms with Crippen molar-refractivity contribution in [1.82, 2.24) is 9.97 Å². The third-order valence-corrected chi connectivity index (χ3v) is 5.51. The van der Waals surface area contributed by atoms with Crippen molar-refractivity contribution in [1.29, 1.82) is 0 Å². The predicted molar refractivity (Wildman–Crippen MR) is 115 cm³/mol. The largest absolute Gasteiger partial charge is 0.497 e. The minimum Gasteiger partial charge on any atom is -0.497 e. The standard InChI is InChI=1S/C20H15N3O3S2/c1-25-13-4-6-16(17(11-13)26-2)23-19(24)18(28-20(23)27)10-12-3-5-14-15(9-12)22-8-7-21-14/h3-11H,1-2H3. The van der Waals surface area contributed by atoms with Crippen LogP contribution in [0.25, 0.3) is 17.1 Å². The Hall–Kier alpha value is -2.97. The van der Waals surface area contributed by atoms with Gasteiger partial charge in [-0.15, -0.1) is 0 Å². The molecule has 0 N–H and O–H groups in total. The summed E-state index contributed by atoms with van der Waals surface area (Å²) in [7, 11) is 3.12. The number of thiocarbonyl (C=S) groups is 1. The van der Waals surface area contributed by atoms with Gasteiger partial charge in [-0.2, -0.15) is 0 Å². The van der Waals surface area contributed by atoms with Gasteiger partial charge >= 0.3 is 0 Å². The first-order chi connectivity index (χ1) is 13.6. The number of hydrogen-bond acceptors (Lipinski definition) is 7. The lowest BCUT2D eigenvalue weighted by molar-refractivity contribution is -0.113. The first-order valence-corrected chi connectivity index (χ1v) is 9.54. The van der Waals surface area contributed by atoms with Gasteiger partial charge in [0.05, 0.1) is 35.8 Å². The minimum absolute atomic E-state index is 0.197. The monoisotopic (exact) mass is 409 g/mol. The second-order valence-electron chi connectivity index (χ2n) is 5.86. The molecule has 1 aromatic heterocycles. The number of ether oxygens (including phenoxy) is 2. The molecule has 0 unspecified atom stereocenters.